The van der Waals surface area contributed by atoms with Gasteiger partial charge in [0.1, 0.15) is 0 Å². The van der Waals surface area contributed by atoms with Crippen LogP contribution in [0, 0.1) is 11.3 Å². The van der Waals surface area contributed by atoms with Crippen molar-refractivity contribution >= 4 is 5.91 Å². The van der Waals surface area contributed by atoms with Gasteiger partial charge in [-0.3, -0.25) is 4.79 Å². The van der Waals surface area contributed by atoms with Gasteiger partial charge in [0, 0.05) is 26.2 Å². The number of piperidine rings is 1. The molecule has 0 aromatic rings. The Balaban J connectivity index is 1.79. The van der Waals surface area contributed by atoms with E-state index in [2.05, 4.69) is 10.6 Å². The molecule has 1 saturated heterocycles. The summed E-state index contributed by atoms with van der Waals surface area (Å²) in [5.74, 6) is 0.493. The molecule has 0 spiro atoms. The van der Waals surface area contributed by atoms with E-state index in [1.165, 1.54) is 25.7 Å². The summed E-state index contributed by atoms with van der Waals surface area (Å²) in [5.41, 5.74) is 0.304. The maximum Gasteiger partial charge on any atom is 0.223 e. The summed E-state index contributed by atoms with van der Waals surface area (Å²) in [6.07, 6.45) is 8.12. The lowest BCUT2D eigenvalue weighted by Gasteiger charge is -2.30. The molecule has 0 bridgehead atoms. The van der Waals surface area contributed by atoms with Crippen molar-refractivity contribution < 1.29 is 9.53 Å². The van der Waals surface area contributed by atoms with Crippen LogP contribution < -0.4 is 10.6 Å². The van der Waals surface area contributed by atoms with Crippen molar-refractivity contribution in [3.63, 3.8) is 0 Å². The molecule has 19 heavy (non-hydrogen) atoms. The minimum absolute atomic E-state index is 0.224. The van der Waals surface area contributed by atoms with E-state index in [4.69, 9.17) is 4.74 Å². The van der Waals surface area contributed by atoms with Gasteiger partial charge in [0.15, 0.2) is 0 Å². The quantitative estimate of drug-likeness (QED) is 0.771. The fourth-order valence-electron chi connectivity index (χ4n) is 3.46. The fourth-order valence-corrected chi connectivity index (χ4v) is 3.46. The summed E-state index contributed by atoms with van der Waals surface area (Å²) in [5, 5.41) is 6.53. The van der Waals surface area contributed by atoms with Crippen LogP contribution in [-0.2, 0) is 9.53 Å². The van der Waals surface area contributed by atoms with Crippen molar-refractivity contribution in [2.24, 2.45) is 11.3 Å². The van der Waals surface area contributed by atoms with Gasteiger partial charge in [0.05, 0.1) is 0 Å². The molecule has 4 nitrogen and oxygen atoms in total. The number of ether oxygens (including phenoxy) is 1. The molecule has 2 N–H and O–H groups in total. The number of methoxy groups -OCH3 is 1. The van der Waals surface area contributed by atoms with Crippen molar-refractivity contribution in [1.29, 1.82) is 0 Å². The average Bonchev–Trinajstić information content (AvgIpc) is 2.93. The Morgan fingerprint density at radius 2 is 2.00 bits per heavy atom. The number of carbonyl (C=O) groups excluding carboxylic acids is 1. The molecule has 1 aliphatic heterocycles. The van der Waals surface area contributed by atoms with Crippen LogP contribution >= 0.6 is 0 Å². The van der Waals surface area contributed by atoms with Gasteiger partial charge in [-0.05, 0) is 50.6 Å². The lowest BCUT2D eigenvalue weighted by Crippen LogP contribution is -2.42. The fraction of sp³-hybridized carbons (Fsp3) is 0.933. The minimum Gasteiger partial charge on any atom is -0.385 e. The van der Waals surface area contributed by atoms with Gasteiger partial charge < -0.3 is 15.4 Å². The van der Waals surface area contributed by atoms with E-state index in [-0.39, 0.29) is 11.8 Å². The van der Waals surface area contributed by atoms with E-state index in [1.54, 1.807) is 7.11 Å². The van der Waals surface area contributed by atoms with Gasteiger partial charge in [-0.1, -0.05) is 12.8 Å². The van der Waals surface area contributed by atoms with Crippen LogP contribution in [0.5, 0.6) is 0 Å². The average molecular weight is 268 g/mol. The standard InChI is InChI=1S/C15H28N2O2/c1-19-11-8-15(6-2-3-7-15)12-17-14(18)13-4-9-16-10-5-13/h13,16H,2-12H2,1H3,(H,17,18). The highest BCUT2D eigenvalue weighted by atomic mass is 16.5. The highest BCUT2D eigenvalue weighted by molar-refractivity contribution is 5.78. The molecule has 1 amide bonds. The number of hydrogen-bond donors (Lipinski definition) is 2. The second-order valence-corrected chi connectivity index (χ2v) is 6.19. The molecule has 0 aromatic heterocycles. The number of carbonyl (C=O) groups is 1. The molecule has 2 aliphatic rings. The summed E-state index contributed by atoms with van der Waals surface area (Å²) in [6.45, 7) is 3.61. The molecule has 2 rings (SSSR count). The second-order valence-electron chi connectivity index (χ2n) is 6.19. The molecule has 0 aromatic carbocycles. The summed E-state index contributed by atoms with van der Waals surface area (Å²) >= 11 is 0. The Labute approximate surface area is 116 Å². The lowest BCUT2D eigenvalue weighted by atomic mass is 9.82. The first kappa shape index (κ1) is 14.8. The second kappa shape index (κ2) is 7.25. The zero-order valence-electron chi connectivity index (χ0n) is 12.2. The largest absolute Gasteiger partial charge is 0.385 e. The molecule has 0 radical (unpaired) electrons. The van der Waals surface area contributed by atoms with E-state index in [9.17, 15) is 4.79 Å². The van der Waals surface area contributed by atoms with Gasteiger partial charge >= 0.3 is 0 Å². The normalized spacial score (nSPS) is 23.4. The third-order valence-corrected chi connectivity index (χ3v) is 4.85. The maximum absolute atomic E-state index is 12.2. The van der Waals surface area contributed by atoms with Crippen molar-refractivity contribution in [2.75, 3.05) is 33.4 Å². The number of hydrogen-bond acceptors (Lipinski definition) is 3. The third-order valence-electron chi connectivity index (χ3n) is 4.85. The van der Waals surface area contributed by atoms with Crippen LogP contribution in [0.3, 0.4) is 0 Å². The van der Waals surface area contributed by atoms with E-state index in [0.29, 0.717) is 5.41 Å². The highest BCUT2D eigenvalue weighted by Crippen LogP contribution is 2.40. The van der Waals surface area contributed by atoms with Crippen LogP contribution in [0.1, 0.15) is 44.9 Å². The smallest absolute Gasteiger partial charge is 0.223 e. The highest BCUT2D eigenvalue weighted by Gasteiger charge is 2.34. The van der Waals surface area contributed by atoms with E-state index in [1.807, 2.05) is 0 Å². The first-order valence-corrected chi connectivity index (χ1v) is 7.73. The summed E-state index contributed by atoms with van der Waals surface area (Å²) in [7, 11) is 1.76. The van der Waals surface area contributed by atoms with E-state index in [0.717, 1.165) is 45.5 Å². The predicted molar refractivity (Wildman–Crippen MR) is 76.0 cm³/mol. The van der Waals surface area contributed by atoms with Crippen molar-refractivity contribution in [2.45, 2.75) is 44.9 Å². The maximum atomic E-state index is 12.2. The number of nitrogens with one attached hydrogen (secondary N) is 2. The molecule has 4 heteroatoms. The van der Waals surface area contributed by atoms with Crippen molar-refractivity contribution in [1.82, 2.24) is 10.6 Å². The third kappa shape index (κ3) is 4.18. The van der Waals surface area contributed by atoms with Crippen LogP contribution in [0.25, 0.3) is 0 Å². The lowest BCUT2D eigenvalue weighted by molar-refractivity contribution is -0.126. The zero-order chi connectivity index (χ0) is 13.6. The first-order chi connectivity index (χ1) is 9.26. The predicted octanol–water partition coefficient (Wildman–Crippen LogP) is 1.70. The SMILES string of the molecule is COCCC1(CNC(=O)C2CCNCC2)CCCC1. The number of rotatable bonds is 6. The molecule has 1 heterocycles. The zero-order valence-corrected chi connectivity index (χ0v) is 12.2. The van der Waals surface area contributed by atoms with Crippen LogP contribution in [0.15, 0.2) is 0 Å². The Kier molecular flexibility index (Phi) is 5.64. The minimum atomic E-state index is 0.224. The molecule has 1 saturated carbocycles. The summed E-state index contributed by atoms with van der Waals surface area (Å²) < 4.78 is 5.23. The molecule has 1 aliphatic carbocycles. The van der Waals surface area contributed by atoms with Crippen LogP contribution in [0.2, 0.25) is 0 Å². The molecule has 2 fully saturated rings. The van der Waals surface area contributed by atoms with Gasteiger partial charge in [0.2, 0.25) is 5.91 Å². The van der Waals surface area contributed by atoms with Crippen LogP contribution in [0.4, 0.5) is 0 Å². The van der Waals surface area contributed by atoms with Crippen LogP contribution in [-0.4, -0.2) is 39.3 Å². The van der Waals surface area contributed by atoms with E-state index < -0.39 is 0 Å². The molecule has 110 valence electrons. The van der Waals surface area contributed by atoms with E-state index >= 15 is 0 Å². The molecular formula is C15H28N2O2. The molecular weight excluding hydrogens is 240 g/mol. The topological polar surface area (TPSA) is 50.4 Å². The summed E-state index contributed by atoms with van der Waals surface area (Å²) in [4.78, 5) is 12.2. The Bertz CT molecular complexity index is 282. The summed E-state index contributed by atoms with van der Waals surface area (Å²) in [6, 6.07) is 0. The van der Waals surface area contributed by atoms with Gasteiger partial charge in [-0.15, -0.1) is 0 Å². The Morgan fingerprint density at radius 1 is 1.32 bits per heavy atom. The van der Waals surface area contributed by atoms with Crippen molar-refractivity contribution in [3.8, 4) is 0 Å². The molecule has 0 unspecified atom stereocenters. The van der Waals surface area contributed by atoms with Crippen molar-refractivity contribution in [3.05, 3.63) is 0 Å². The monoisotopic (exact) mass is 268 g/mol. The number of amides is 1. The molecule has 0 atom stereocenters. The Hall–Kier alpha value is -0.610. The van der Waals surface area contributed by atoms with Gasteiger partial charge in [-0.25, -0.2) is 0 Å². The van der Waals surface area contributed by atoms with Gasteiger partial charge in [0.25, 0.3) is 0 Å². The Morgan fingerprint density at radius 3 is 2.63 bits per heavy atom. The van der Waals surface area contributed by atoms with Gasteiger partial charge in [-0.2, -0.15) is 0 Å². The first-order valence-electron chi connectivity index (χ1n) is 7.73.